The first kappa shape index (κ1) is 31.0. The van der Waals surface area contributed by atoms with E-state index in [1.54, 1.807) is 30.3 Å². The summed E-state index contributed by atoms with van der Waals surface area (Å²) in [6.07, 6.45) is 0.857. The SMILES string of the molecule is COC(=O)C(Cc1ccc(OCCNc2ccccc2C(=O)CC(C)C)cc1)Nc1ccccc1C(=O)c1ccccc1. The predicted octanol–water partition coefficient (Wildman–Crippen LogP) is 6.83. The maximum atomic E-state index is 13.2. The summed E-state index contributed by atoms with van der Waals surface area (Å²) in [5.41, 5.74) is 4.01. The van der Waals surface area contributed by atoms with Crippen molar-refractivity contribution in [1.82, 2.24) is 0 Å². The van der Waals surface area contributed by atoms with Gasteiger partial charge in [0.1, 0.15) is 18.4 Å². The number of carbonyl (C=O) groups excluding carboxylic acids is 3. The van der Waals surface area contributed by atoms with Gasteiger partial charge in [-0.05, 0) is 47.9 Å². The molecule has 7 nitrogen and oxygen atoms in total. The van der Waals surface area contributed by atoms with Gasteiger partial charge in [-0.3, -0.25) is 9.59 Å². The van der Waals surface area contributed by atoms with Gasteiger partial charge in [-0.1, -0.05) is 80.6 Å². The number of Topliss-reactive ketones (excluding diaryl/α,β-unsaturated/α-hetero) is 1. The van der Waals surface area contributed by atoms with Crippen molar-refractivity contribution in [3.05, 3.63) is 125 Å². The molecule has 2 N–H and O–H groups in total. The molecule has 222 valence electrons. The third-order valence-electron chi connectivity index (χ3n) is 6.89. The Labute approximate surface area is 253 Å². The lowest BCUT2D eigenvalue weighted by molar-refractivity contribution is -0.141. The molecular formula is C36H38N2O5. The normalized spacial score (nSPS) is 11.4. The van der Waals surface area contributed by atoms with Crippen LogP contribution < -0.4 is 15.4 Å². The molecule has 0 radical (unpaired) electrons. The van der Waals surface area contributed by atoms with Crippen molar-refractivity contribution in [2.45, 2.75) is 32.7 Å². The monoisotopic (exact) mass is 578 g/mol. The van der Waals surface area contributed by atoms with Gasteiger partial charge < -0.3 is 20.1 Å². The zero-order valence-electron chi connectivity index (χ0n) is 24.8. The Hall–Kier alpha value is -4.91. The van der Waals surface area contributed by atoms with E-state index < -0.39 is 12.0 Å². The fourth-order valence-corrected chi connectivity index (χ4v) is 4.75. The smallest absolute Gasteiger partial charge is 0.328 e. The Kier molecular flexibility index (Phi) is 11.1. The fourth-order valence-electron chi connectivity index (χ4n) is 4.75. The summed E-state index contributed by atoms with van der Waals surface area (Å²) >= 11 is 0. The number of para-hydroxylation sites is 2. The largest absolute Gasteiger partial charge is 0.492 e. The number of ether oxygens (including phenoxy) is 2. The van der Waals surface area contributed by atoms with Crippen molar-refractivity contribution in [2.24, 2.45) is 5.92 Å². The van der Waals surface area contributed by atoms with E-state index in [2.05, 4.69) is 10.6 Å². The molecule has 0 fully saturated rings. The standard InChI is InChI=1S/C36H38N2O5/c1-25(2)23-34(39)29-13-7-9-15-31(29)37-21-22-43-28-19-17-26(18-20-28)24-33(36(41)42-3)38-32-16-10-8-14-30(32)35(40)27-11-5-4-6-12-27/h4-20,25,33,37-38H,21-24H2,1-3H3. The van der Waals surface area contributed by atoms with Crippen LogP contribution in [-0.4, -0.2) is 43.8 Å². The molecule has 0 spiro atoms. The quantitative estimate of drug-likeness (QED) is 0.0907. The van der Waals surface area contributed by atoms with Crippen LogP contribution in [0.2, 0.25) is 0 Å². The Bertz CT molecular complexity index is 1520. The van der Waals surface area contributed by atoms with Crippen LogP contribution in [0.1, 0.15) is 52.1 Å². The van der Waals surface area contributed by atoms with E-state index in [1.807, 2.05) is 86.6 Å². The number of carbonyl (C=O) groups is 3. The highest BCUT2D eigenvalue weighted by Gasteiger charge is 2.22. The van der Waals surface area contributed by atoms with Crippen LogP contribution >= 0.6 is 0 Å². The van der Waals surface area contributed by atoms with Gasteiger partial charge in [-0.25, -0.2) is 4.79 Å². The zero-order valence-corrected chi connectivity index (χ0v) is 24.8. The predicted molar refractivity (Wildman–Crippen MR) is 170 cm³/mol. The Balaban J connectivity index is 1.35. The lowest BCUT2D eigenvalue weighted by atomic mass is 10.00. The molecule has 7 heteroatoms. The van der Waals surface area contributed by atoms with E-state index in [-0.39, 0.29) is 11.6 Å². The highest BCUT2D eigenvalue weighted by Crippen LogP contribution is 2.23. The van der Waals surface area contributed by atoms with E-state index in [1.165, 1.54) is 7.11 Å². The number of benzene rings is 4. The second-order valence-electron chi connectivity index (χ2n) is 10.7. The van der Waals surface area contributed by atoms with Gasteiger partial charge in [-0.2, -0.15) is 0 Å². The van der Waals surface area contributed by atoms with Crippen LogP contribution in [-0.2, 0) is 16.0 Å². The molecule has 1 atom stereocenters. The minimum absolute atomic E-state index is 0.126. The van der Waals surface area contributed by atoms with Gasteiger partial charge in [0, 0.05) is 47.5 Å². The van der Waals surface area contributed by atoms with Crippen LogP contribution in [0.25, 0.3) is 0 Å². The average Bonchev–Trinajstić information content (AvgIpc) is 3.03. The first-order chi connectivity index (χ1) is 20.9. The Morgan fingerprint density at radius 1 is 0.744 bits per heavy atom. The molecule has 0 saturated carbocycles. The van der Waals surface area contributed by atoms with Crippen LogP contribution in [0.15, 0.2) is 103 Å². The van der Waals surface area contributed by atoms with Gasteiger partial charge >= 0.3 is 5.97 Å². The molecular weight excluding hydrogens is 540 g/mol. The van der Waals surface area contributed by atoms with Crippen LogP contribution in [0.4, 0.5) is 11.4 Å². The molecule has 0 amide bonds. The molecule has 4 aromatic carbocycles. The lowest BCUT2D eigenvalue weighted by Gasteiger charge is -2.20. The zero-order chi connectivity index (χ0) is 30.6. The summed E-state index contributed by atoms with van der Waals surface area (Å²) in [4.78, 5) is 38.5. The molecule has 0 aromatic heterocycles. The molecule has 1 unspecified atom stereocenters. The topological polar surface area (TPSA) is 93.7 Å². The maximum absolute atomic E-state index is 13.2. The maximum Gasteiger partial charge on any atom is 0.328 e. The first-order valence-electron chi connectivity index (χ1n) is 14.5. The van der Waals surface area contributed by atoms with Gasteiger partial charge in [0.25, 0.3) is 0 Å². The number of ketones is 2. The summed E-state index contributed by atoms with van der Waals surface area (Å²) in [5, 5.41) is 6.54. The number of hydrogen-bond donors (Lipinski definition) is 2. The fraction of sp³-hybridized carbons (Fsp3) is 0.250. The molecule has 0 saturated heterocycles. The van der Waals surface area contributed by atoms with Crippen molar-refractivity contribution < 1.29 is 23.9 Å². The van der Waals surface area contributed by atoms with E-state index in [0.29, 0.717) is 60.0 Å². The van der Waals surface area contributed by atoms with E-state index >= 15 is 0 Å². The second kappa shape index (κ2) is 15.4. The average molecular weight is 579 g/mol. The first-order valence-corrected chi connectivity index (χ1v) is 14.5. The second-order valence-corrected chi connectivity index (χ2v) is 10.7. The third kappa shape index (κ3) is 8.79. The molecule has 0 aliphatic rings. The van der Waals surface area contributed by atoms with Crippen molar-refractivity contribution in [3.8, 4) is 5.75 Å². The molecule has 0 aliphatic heterocycles. The number of anilines is 2. The molecule has 43 heavy (non-hydrogen) atoms. The molecule has 0 bridgehead atoms. The van der Waals surface area contributed by atoms with E-state index in [4.69, 9.17) is 9.47 Å². The van der Waals surface area contributed by atoms with E-state index in [9.17, 15) is 14.4 Å². The Morgan fingerprint density at radius 2 is 1.37 bits per heavy atom. The minimum Gasteiger partial charge on any atom is -0.492 e. The van der Waals surface area contributed by atoms with Crippen molar-refractivity contribution in [2.75, 3.05) is 30.9 Å². The third-order valence-corrected chi connectivity index (χ3v) is 6.89. The number of rotatable bonds is 15. The van der Waals surface area contributed by atoms with Crippen molar-refractivity contribution >= 4 is 28.9 Å². The molecule has 4 aromatic rings. The molecule has 0 aliphatic carbocycles. The molecule has 4 rings (SSSR count). The highest BCUT2D eigenvalue weighted by molar-refractivity contribution is 6.12. The van der Waals surface area contributed by atoms with E-state index in [0.717, 1.165) is 11.3 Å². The van der Waals surface area contributed by atoms with Crippen LogP contribution in [0.5, 0.6) is 5.75 Å². The van der Waals surface area contributed by atoms with Gasteiger partial charge in [0.05, 0.1) is 7.11 Å². The summed E-state index contributed by atoms with van der Waals surface area (Å²) in [6, 6.07) is 30.5. The summed E-state index contributed by atoms with van der Waals surface area (Å²) in [5.74, 6) is 0.552. The van der Waals surface area contributed by atoms with Gasteiger partial charge in [0.2, 0.25) is 0 Å². The number of hydrogen-bond acceptors (Lipinski definition) is 7. The molecule has 0 heterocycles. The van der Waals surface area contributed by atoms with Gasteiger partial charge in [-0.15, -0.1) is 0 Å². The number of methoxy groups -OCH3 is 1. The lowest BCUT2D eigenvalue weighted by Crippen LogP contribution is -2.33. The summed E-state index contributed by atoms with van der Waals surface area (Å²) < 4.78 is 11.0. The number of esters is 1. The Morgan fingerprint density at radius 3 is 2.05 bits per heavy atom. The number of nitrogens with one attached hydrogen (secondary N) is 2. The van der Waals surface area contributed by atoms with Gasteiger partial charge in [0.15, 0.2) is 11.6 Å². The minimum atomic E-state index is -0.704. The summed E-state index contributed by atoms with van der Waals surface area (Å²) in [7, 11) is 1.35. The summed E-state index contributed by atoms with van der Waals surface area (Å²) in [6.45, 7) is 5.01. The van der Waals surface area contributed by atoms with Crippen molar-refractivity contribution in [3.63, 3.8) is 0 Å². The van der Waals surface area contributed by atoms with Crippen molar-refractivity contribution in [1.29, 1.82) is 0 Å². The van der Waals surface area contributed by atoms with Crippen LogP contribution in [0, 0.1) is 5.92 Å². The van der Waals surface area contributed by atoms with Crippen LogP contribution in [0.3, 0.4) is 0 Å². The highest BCUT2D eigenvalue weighted by atomic mass is 16.5.